The maximum Gasteiger partial charge on any atom is 0.341 e. The van der Waals surface area contributed by atoms with Crippen molar-refractivity contribution in [2.24, 2.45) is 5.41 Å². The Morgan fingerprint density at radius 3 is 2.38 bits per heavy atom. The summed E-state index contributed by atoms with van der Waals surface area (Å²) in [6, 6.07) is 8.93. The molecule has 1 N–H and O–H groups in total. The van der Waals surface area contributed by atoms with Crippen LogP contribution in [0.3, 0.4) is 0 Å². The summed E-state index contributed by atoms with van der Waals surface area (Å²) < 4.78 is 33.2. The van der Waals surface area contributed by atoms with Gasteiger partial charge in [-0.25, -0.2) is 14.4 Å². The molecule has 0 radical (unpaired) electrons. The summed E-state index contributed by atoms with van der Waals surface area (Å²) in [6.45, 7) is 5.55. The Kier molecular flexibility index (Phi) is 13.4. The molecule has 1 aliphatic rings. The molecule has 1 amide bonds. The van der Waals surface area contributed by atoms with E-state index in [9.17, 15) is 24.0 Å². The lowest BCUT2D eigenvalue weighted by Gasteiger charge is -2.36. The topological polar surface area (TPSA) is 164 Å². The van der Waals surface area contributed by atoms with E-state index >= 15 is 0 Å². The monoisotopic (exact) mass is 669 g/mol. The molecule has 13 heteroatoms. The highest BCUT2D eigenvalue weighted by Gasteiger charge is 2.42. The zero-order valence-electron chi connectivity index (χ0n) is 27.9. The first-order valence-electron chi connectivity index (χ1n) is 15.4. The summed E-state index contributed by atoms with van der Waals surface area (Å²) in [6.07, 6.45) is 2.06. The van der Waals surface area contributed by atoms with Crippen LogP contribution < -0.4 is 18.9 Å². The molecular formula is C35H43NO12. The zero-order chi connectivity index (χ0) is 35.4. The number of Topliss-reactive ketones (excluding diaryl/α,β-unsaturated/α-hetero) is 1. The van der Waals surface area contributed by atoms with Crippen LogP contribution in [0.5, 0.6) is 23.0 Å². The van der Waals surface area contributed by atoms with E-state index in [0.29, 0.717) is 47.6 Å². The average Bonchev–Trinajstić information content (AvgIpc) is 3.10. The molecule has 0 spiro atoms. The minimum Gasteiger partial charge on any atom is -0.496 e. The highest BCUT2D eigenvalue weighted by molar-refractivity contribution is 6.38. The van der Waals surface area contributed by atoms with Crippen molar-refractivity contribution in [2.75, 3.05) is 41.1 Å². The standard InChI is InChI=1S/C35H43NO12/c1-7-30(39)47-21-35(2,3)32(40)33(41)36-18-9-8-13-25(36)34(42)48-26(22-11-10-12-23(19-22)46-20-29(37)38)15-14-24-27(43-4)16-17-28(44-5)31(24)45-6/h7,10-12,16-17,19,25-26H,1,8-9,13-15,18,20-21H2,2-6H3,(H,37,38)/t25-,26+/m0/s1. The average molecular weight is 670 g/mol. The lowest BCUT2D eigenvalue weighted by Crippen LogP contribution is -2.53. The van der Waals surface area contributed by atoms with Crippen molar-refractivity contribution < 1.29 is 57.5 Å². The SMILES string of the molecule is C=CC(=O)OCC(C)(C)C(=O)C(=O)N1CCCC[C@H]1C(=O)O[C@H](CCc1c(OC)ccc(OC)c1OC)c1cccc(OCC(=O)O)c1. The number of ether oxygens (including phenoxy) is 6. The van der Waals surface area contributed by atoms with Crippen molar-refractivity contribution >= 4 is 29.6 Å². The second kappa shape index (κ2) is 17.2. The highest BCUT2D eigenvalue weighted by Crippen LogP contribution is 2.40. The van der Waals surface area contributed by atoms with E-state index in [1.165, 1.54) is 40.1 Å². The van der Waals surface area contributed by atoms with Crippen molar-refractivity contribution in [3.8, 4) is 23.0 Å². The number of amides is 1. The quantitative estimate of drug-likeness (QED) is 0.146. The number of esters is 2. The molecule has 2 aromatic rings. The minimum atomic E-state index is -1.35. The smallest absolute Gasteiger partial charge is 0.341 e. The van der Waals surface area contributed by atoms with Gasteiger partial charge >= 0.3 is 17.9 Å². The molecular weight excluding hydrogens is 626 g/mol. The van der Waals surface area contributed by atoms with Crippen molar-refractivity contribution in [3.05, 3.63) is 60.2 Å². The van der Waals surface area contributed by atoms with Crippen molar-refractivity contribution in [3.63, 3.8) is 0 Å². The molecule has 0 aromatic heterocycles. The number of nitrogens with zero attached hydrogens (tertiary/aromatic N) is 1. The summed E-state index contributed by atoms with van der Waals surface area (Å²) in [5.41, 5.74) is -0.171. The Balaban J connectivity index is 1.92. The summed E-state index contributed by atoms with van der Waals surface area (Å²) in [7, 11) is 4.53. The number of benzene rings is 2. The summed E-state index contributed by atoms with van der Waals surface area (Å²) in [4.78, 5) is 64.6. The largest absolute Gasteiger partial charge is 0.496 e. The van der Waals surface area contributed by atoms with E-state index in [2.05, 4.69) is 6.58 Å². The number of rotatable bonds is 17. The fourth-order valence-corrected chi connectivity index (χ4v) is 5.35. The third kappa shape index (κ3) is 9.49. The van der Waals surface area contributed by atoms with Gasteiger partial charge in [-0.2, -0.15) is 0 Å². The number of aliphatic carboxylic acids is 1. The Morgan fingerprint density at radius 2 is 1.73 bits per heavy atom. The number of carbonyl (C=O) groups excluding carboxylic acids is 4. The molecule has 0 saturated carbocycles. The van der Waals surface area contributed by atoms with E-state index in [1.54, 1.807) is 36.4 Å². The number of likely N-dealkylation sites (tertiary alicyclic amines) is 1. The van der Waals surface area contributed by atoms with Gasteiger partial charge in [-0.1, -0.05) is 18.7 Å². The van der Waals surface area contributed by atoms with Crippen molar-refractivity contribution in [1.82, 2.24) is 4.90 Å². The van der Waals surface area contributed by atoms with E-state index in [4.69, 9.17) is 33.5 Å². The van der Waals surface area contributed by atoms with Crippen molar-refractivity contribution in [2.45, 2.75) is 58.1 Å². The molecule has 0 bridgehead atoms. The van der Waals surface area contributed by atoms with Gasteiger partial charge in [0.1, 0.15) is 30.3 Å². The van der Waals surface area contributed by atoms with Gasteiger partial charge in [-0.05, 0) is 75.8 Å². The zero-order valence-corrected chi connectivity index (χ0v) is 27.9. The molecule has 48 heavy (non-hydrogen) atoms. The second-order valence-electron chi connectivity index (χ2n) is 11.7. The first-order valence-corrected chi connectivity index (χ1v) is 15.4. The van der Waals surface area contributed by atoms with Crippen LogP contribution in [0.4, 0.5) is 0 Å². The Morgan fingerprint density at radius 1 is 1.02 bits per heavy atom. The number of piperidine rings is 1. The van der Waals surface area contributed by atoms with Gasteiger partial charge in [0, 0.05) is 18.2 Å². The second-order valence-corrected chi connectivity index (χ2v) is 11.7. The third-order valence-corrected chi connectivity index (χ3v) is 7.92. The number of carbonyl (C=O) groups is 5. The van der Waals surface area contributed by atoms with E-state index in [0.717, 1.165) is 6.08 Å². The predicted molar refractivity (Wildman–Crippen MR) is 172 cm³/mol. The van der Waals surface area contributed by atoms with Gasteiger partial charge < -0.3 is 38.4 Å². The first kappa shape index (κ1) is 37.4. The number of methoxy groups -OCH3 is 3. The Labute approximate surface area is 279 Å². The normalized spacial score (nSPS) is 15.0. The molecule has 1 fully saturated rings. The molecule has 260 valence electrons. The number of carboxylic acid groups (broad SMARTS) is 1. The Hall–Kier alpha value is -5.07. The van der Waals surface area contributed by atoms with Crippen molar-refractivity contribution in [1.29, 1.82) is 0 Å². The van der Waals surface area contributed by atoms with Crippen LogP contribution in [0.15, 0.2) is 49.1 Å². The first-order chi connectivity index (χ1) is 22.9. The molecule has 1 saturated heterocycles. The van der Waals surface area contributed by atoms with Gasteiger partial charge in [0.2, 0.25) is 5.78 Å². The predicted octanol–water partition coefficient (Wildman–Crippen LogP) is 4.10. The summed E-state index contributed by atoms with van der Waals surface area (Å²) in [5.74, 6) is -2.56. The van der Waals surface area contributed by atoms with Gasteiger partial charge in [0.15, 0.2) is 18.1 Å². The van der Waals surface area contributed by atoms with Gasteiger partial charge in [0.25, 0.3) is 5.91 Å². The molecule has 13 nitrogen and oxygen atoms in total. The Bertz CT molecular complexity index is 1500. The summed E-state index contributed by atoms with van der Waals surface area (Å²) >= 11 is 0. The van der Waals surface area contributed by atoms with E-state index in [1.807, 2.05) is 0 Å². The number of hydrogen-bond donors (Lipinski definition) is 1. The minimum absolute atomic E-state index is 0.161. The fraction of sp³-hybridized carbons (Fsp3) is 0.457. The highest BCUT2D eigenvalue weighted by atomic mass is 16.5. The number of carboxylic acids is 1. The number of ketones is 1. The number of hydrogen-bond acceptors (Lipinski definition) is 11. The van der Waals surface area contributed by atoms with Gasteiger partial charge in [-0.3, -0.25) is 9.59 Å². The molecule has 1 aliphatic heterocycles. The van der Waals surface area contributed by atoms with Gasteiger partial charge in [-0.15, -0.1) is 0 Å². The van der Waals surface area contributed by atoms with Crippen LogP contribution in [0.25, 0.3) is 0 Å². The molecule has 2 aromatic carbocycles. The molecule has 2 atom stereocenters. The maximum absolute atomic E-state index is 13.9. The molecule has 1 heterocycles. The molecule has 0 aliphatic carbocycles. The third-order valence-electron chi connectivity index (χ3n) is 7.92. The van der Waals surface area contributed by atoms with Crippen LogP contribution in [0, 0.1) is 5.41 Å². The van der Waals surface area contributed by atoms with Gasteiger partial charge in [0.05, 0.1) is 26.7 Å². The van der Waals surface area contributed by atoms with Crippen LogP contribution in [-0.2, 0) is 39.9 Å². The van der Waals surface area contributed by atoms with E-state index in [-0.39, 0.29) is 31.7 Å². The van der Waals surface area contributed by atoms with Crippen LogP contribution in [0.1, 0.15) is 56.8 Å². The molecule has 3 rings (SSSR count). The summed E-state index contributed by atoms with van der Waals surface area (Å²) in [5, 5.41) is 9.08. The lowest BCUT2D eigenvalue weighted by molar-refractivity contribution is -0.165. The van der Waals surface area contributed by atoms with Crippen LogP contribution in [-0.4, -0.2) is 86.7 Å². The lowest BCUT2D eigenvalue weighted by atomic mass is 9.87. The molecule has 0 unspecified atom stereocenters. The maximum atomic E-state index is 13.9. The van der Waals surface area contributed by atoms with Crippen LogP contribution in [0.2, 0.25) is 0 Å². The van der Waals surface area contributed by atoms with Crippen LogP contribution >= 0.6 is 0 Å². The van der Waals surface area contributed by atoms with E-state index < -0.39 is 53.8 Å². The fourth-order valence-electron chi connectivity index (χ4n) is 5.35.